The van der Waals surface area contributed by atoms with E-state index >= 15 is 0 Å². The topological polar surface area (TPSA) is 134 Å². The Morgan fingerprint density at radius 2 is 1.39 bits per heavy atom. The molecule has 4 aromatic rings. The van der Waals surface area contributed by atoms with Gasteiger partial charge in [0.1, 0.15) is 18.5 Å². The van der Waals surface area contributed by atoms with Gasteiger partial charge in [-0.15, -0.1) is 0 Å². The van der Waals surface area contributed by atoms with Crippen LogP contribution in [0.5, 0.6) is 0 Å². The molecule has 38 heavy (non-hydrogen) atoms. The van der Waals surface area contributed by atoms with E-state index in [2.05, 4.69) is 10.6 Å². The number of hydrogen-bond donors (Lipinski definition) is 4. The van der Waals surface area contributed by atoms with Crippen molar-refractivity contribution in [3.63, 3.8) is 0 Å². The number of benzene rings is 4. The maximum atomic E-state index is 13.4. The molecule has 190 valence electrons. The predicted octanol–water partition coefficient (Wildman–Crippen LogP) is 4.44. The van der Waals surface area contributed by atoms with Gasteiger partial charge in [-0.05, 0) is 47.5 Å². The SMILES string of the molecule is N=C(N)c1cccc(C(=O)N[C@@H](C(=O)Nc2cccc(COC(=O)c3ccccc3)c2)c2ccccc2)c1. The molecule has 0 heterocycles. The third-order valence-corrected chi connectivity index (χ3v) is 5.68. The summed E-state index contributed by atoms with van der Waals surface area (Å²) in [4.78, 5) is 38.6. The molecule has 0 aromatic heterocycles. The van der Waals surface area contributed by atoms with Crippen LogP contribution in [0.1, 0.15) is 43.4 Å². The molecule has 0 radical (unpaired) electrons. The first kappa shape index (κ1) is 25.8. The lowest BCUT2D eigenvalue weighted by Gasteiger charge is -2.19. The number of nitrogen functional groups attached to an aromatic ring is 1. The number of ether oxygens (including phenoxy) is 1. The molecule has 0 aliphatic rings. The first-order chi connectivity index (χ1) is 18.4. The highest BCUT2D eigenvalue weighted by Crippen LogP contribution is 2.19. The van der Waals surface area contributed by atoms with E-state index in [0.29, 0.717) is 27.9 Å². The van der Waals surface area contributed by atoms with Gasteiger partial charge in [0, 0.05) is 16.8 Å². The molecule has 0 unspecified atom stereocenters. The van der Waals surface area contributed by atoms with Gasteiger partial charge in [0.15, 0.2) is 0 Å². The summed E-state index contributed by atoms with van der Waals surface area (Å²) >= 11 is 0. The summed E-state index contributed by atoms with van der Waals surface area (Å²) in [6, 6.07) is 29.8. The maximum Gasteiger partial charge on any atom is 0.338 e. The number of nitrogens with one attached hydrogen (secondary N) is 3. The van der Waals surface area contributed by atoms with Gasteiger partial charge >= 0.3 is 5.97 Å². The van der Waals surface area contributed by atoms with Crippen LogP contribution in [0, 0.1) is 5.41 Å². The van der Waals surface area contributed by atoms with Crippen molar-refractivity contribution in [3.8, 4) is 0 Å². The number of amides is 2. The second-order valence-electron chi connectivity index (χ2n) is 8.44. The first-order valence-electron chi connectivity index (χ1n) is 11.8. The Labute approximate surface area is 220 Å². The van der Waals surface area contributed by atoms with E-state index in [-0.39, 0.29) is 18.0 Å². The van der Waals surface area contributed by atoms with Gasteiger partial charge in [0.25, 0.3) is 11.8 Å². The van der Waals surface area contributed by atoms with Crippen LogP contribution in [0.25, 0.3) is 0 Å². The lowest BCUT2D eigenvalue weighted by Crippen LogP contribution is -2.37. The van der Waals surface area contributed by atoms with Gasteiger partial charge in [-0.25, -0.2) is 4.79 Å². The Morgan fingerprint density at radius 3 is 2.11 bits per heavy atom. The minimum absolute atomic E-state index is 0.0305. The van der Waals surface area contributed by atoms with E-state index in [1.165, 1.54) is 6.07 Å². The summed E-state index contributed by atoms with van der Waals surface area (Å²) in [6.07, 6.45) is 0. The molecule has 8 nitrogen and oxygen atoms in total. The van der Waals surface area contributed by atoms with Crippen molar-refractivity contribution in [2.45, 2.75) is 12.6 Å². The van der Waals surface area contributed by atoms with Crippen LogP contribution in [0.4, 0.5) is 5.69 Å². The molecule has 2 amide bonds. The van der Waals surface area contributed by atoms with Crippen molar-refractivity contribution in [1.82, 2.24) is 5.32 Å². The third-order valence-electron chi connectivity index (χ3n) is 5.68. The second-order valence-corrected chi connectivity index (χ2v) is 8.44. The molecule has 0 saturated heterocycles. The summed E-state index contributed by atoms with van der Waals surface area (Å²) in [5.74, 6) is -1.54. The van der Waals surface area contributed by atoms with Crippen LogP contribution in [0.15, 0.2) is 109 Å². The third kappa shape index (κ3) is 6.70. The number of esters is 1. The van der Waals surface area contributed by atoms with Crippen molar-refractivity contribution < 1.29 is 19.1 Å². The summed E-state index contributed by atoms with van der Waals surface area (Å²) in [6.45, 7) is 0.0305. The molecule has 8 heteroatoms. The predicted molar refractivity (Wildman–Crippen MR) is 145 cm³/mol. The van der Waals surface area contributed by atoms with Gasteiger partial charge in [-0.2, -0.15) is 0 Å². The monoisotopic (exact) mass is 506 g/mol. The zero-order valence-corrected chi connectivity index (χ0v) is 20.4. The molecule has 0 spiro atoms. The van der Waals surface area contributed by atoms with Gasteiger partial charge in [0.2, 0.25) is 0 Å². The lowest BCUT2D eigenvalue weighted by molar-refractivity contribution is -0.118. The van der Waals surface area contributed by atoms with E-state index in [1.807, 2.05) is 12.1 Å². The number of anilines is 1. The number of rotatable bonds is 9. The largest absolute Gasteiger partial charge is 0.457 e. The molecule has 0 saturated carbocycles. The van der Waals surface area contributed by atoms with Crippen molar-refractivity contribution in [3.05, 3.63) is 137 Å². The quantitative estimate of drug-likeness (QED) is 0.151. The normalized spacial score (nSPS) is 11.2. The standard InChI is InChI=1S/C30H26N4O4/c31-27(32)23-14-8-15-24(18-23)28(35)34-26(21-10-3-1-4-11-21)29(36)33-25-16-7-9-20(17-25)19-38-30(37)22-12-5-2-6-13-22/h1-18,26H,19H2,(H3,31,32)(H,33,36)(H,34,35)/t26-/m1/s1. The van der Waals surface area contributed by atoms with Crippen LogP contribution in [-0.2, 0) is 16.1 Å². The Bertz CT molecular complexity index is 1460. The van der Waals surface area contributed by atoms with Gasteiger partial charge < -0.3 is 21.1 Å². The van der Waals surface area contributed by atoms with E-state index in [0.717, 1.165) is 0 Å². The van der Waals surface area contributed by atoms with Gasteiger partial charge in [0.05, 0.1) is 5.56 Å². The average Bonchev–Trinajstić information content (AvgIpc) is 2.95. The van der Waals surface area contributed by atoms with E-state index < -0.39 is 23.8 Å². The van der Waals surface area contributed by atoms with Crippen LogP contribution in [0.2, 0.25) is 0 Å². The van der Waals surface area contributed by atoms with Crippen molar-refractivity contribution >= 4 is 29.3 Å². The molecule has 0 aliphatic carbocycles. The van der Waals surface area contributed by atoms with Crippen LogP contribution >= 0.6 is 0 Å². The fourth-order valence-corrected chi connectivity index (χ4v) is 3.75. The number of amidine groups is 1. The summed E-state index contributed by atoms with van der Waals surface area (Å²) in [5, 5.41) is 13.2. The van der Waals surface area contributed by atoms with Crippen molar-refractivity contribution in [2.24, 2.45) is 5.73 Å². The Kier molecular flexibility index (Phi) is 8.25. The molecule has 0 aliphatic heterocycles. The molecule has 4 rings (SSSR count). The van der Waals surface area contributed by atoms with Crippen molar-refractivity contribution in [2.75, 3.05) is 5.32 Å². The zero-order valence-electron chi connectivity index (χ0n) is 20.4. The number of carbonyl (C=O) groups excluding carboxylic acids is 3. The van der Waals surface area contributed by atoms with Gasteiger partial charge in [-0.1, -0.05) is 72.8 Å². The number of carbonyl (C=O) groups is 3. The molecule has 4 aromatic carbocycles. The Morgan fingerprint density at radius 1 is 0.763 bits per heavy atom. The Balaban J connectivity index is 1.48. The molecule has 0 bridgehead atoms. The highest BCUT2D eigenvalue weighted by atomic mass is 16.5. The molecular weight excluding hydrogens is 480 g/mol. The molecule has 5 N–H and O–H groups in total. The van der Waals surface area contributed by atoms with Crippen LogP contribution in [-0.4, -0.2) is 23.6 Å². The number of hydrogen-bond acceptors (Lipinski definition) is 5. The lowest BCUT2D eigenvalue weighted by atomic mass is 10.0. The second kappa shape index (κ2) is 12.1. The summed E-state index contributed by atoms with van der Waals surface area (Å²) in [5.41, 5.74) is 8.44. The van der Waals surface area contributed by atoms with Gasteiger partial charge in [-0.3, -0.25) is 15.0 Å². The number of nitrogens with two attached hydrogens (primary N) is 1. The average molecular weight is 507 g/mol. The maximum absolute atomic E-state index is 13.4. The highest BCUT2D eigenvalue weighted by molar-refractivity contribution is 6.03. The fraction of sp³-hybridized carbons (Fsp3) is 0.0667. The minimum atomic E-state index is -0.996. The molecular formula is C30H26N4O4. The van der Waals surface area contributed by atoms with E-state index in [4.69, 9.17) is 15.9 Å². The highest BCUT2D eigenvalue weighted by Gasteiger charge is 2.24. The summed E-state index contributed by atoms with van der Waals surface area (Å²) in [7, 11) is 0. The van der Waals surface area contributed by atoms with E-state index in [1.54, 1.807) is 91.0 Å². The Hall–Kier alpha value is -5.24. The molecule has 1 atom stereocenters. The van der Waals surface area contributed by atoms with Crippen LogP contribution in [0.3, 0.4) is 0 Å². The minimum Gasteiger partial charge on any atom is -0.457 e. The zero-order chi connectivity index (χ0) is 26.9. The van der Waals surface area contributed by atoms with Crippen LogP contribution < -0.4 is 16.4 Å². The van der Waals surface area contributed by atoms with E-state index in [9.17, 15) is 14.4 Å². The molecule has 0 fully saturated rings. The van der Waals surface area contributed by atoms with Crippen molar-refractivity contribution in [1.29, 1.82) is 5.41 Å². The smallest absolute Gasteiger partial charge is 0.338 e. The fourth-order valence-electron chi connectivity index (χ4n) is 3.75. The summed E-state index contributed by atoms with van der Waals surface area (Å²) < 4.78 is 5.39. The first-order valence-corrected chi connectivity index (χ1v) is 11.8.